The highest BCUT2D eigenvalue weighted by Crippen LogP contribution is 2.20. The molecule has 0 aromatic rings. The molecule has 0 radical (unpaired) electrons. The lowest BCUT2D eigenvalue weighted by atomic mass is 10.2. The van der Waals surface area contributed by atoms with Crippen LogP contribution in [0.1, 0.15) is 13.3 Å². The predicted octanol–water partition coefficient (Wildman–Crippen LogP) is -0.110. The zero-order chi connectivity index (χ0) is 11.4. The maximum absolute atomic E-state index is 11.5. The summed E-state index contributed by atoms with van der Waals surface area (Å²) in [5.74, 6) is -0.985. The number of methoxy groups -OCH3 is 1. The van der Waals surface area contributed by atoms with Crippen LogP contribution in [0.15, 0.2) is 0 Å². The van der Waals surface area contributed by atoms with Gasteiger partial charge < -0.3 is 20.1 Å². The van der Waals surface area contributed by atoms with Crippen LogP contribution in [0, 0.1) is 0 Å². The molecule has 2 unspecified atom stereocenters. The third kappa shape index (κ3) is 2.59. The minimum absolute atomic E-state index is 0.186. The van der Waals surface area contributed by atoms with Crippen LogP contribution in [0.25, 0.3) is 0 Å². The van der Waals surface area contributed by atoms with Crippen LogP contribution in [0.2, 0.25) is 0 Å². The molecule has 0 bridgehead atoms. The van der Waals surface area contributed by atoms with Crippen molar-refractivity contribution >= 4 is 12.0 Å². The van der Waals surface area contributed by atoms with Crippen molar-refractivity contribution in [2.45, 2.75) is 25.5 Å². The molecule has 1 heterocycles. The summed E-state index contributed by atoms with van der Waals surface area (Å²) < 4.78 is 5.07. The first-order chi connectivity index (χ1) is 7.10. The van der Waals surface area contributed by atoms with Crippen LogP contribution in [0.3, 0.4) is 0 Å². The van der Waals surface area contributed by atoms with Gasteiger partial charge in [0.1, 0.15) is 6.04 Å². The Balaban J connectivity index is 2.68. The molecule has 1 fully saturated rings. The number of nitrogens with zero attached hydrogens (tertiary/aromatic N) is 1. The summed E-state index contributed by atoms with van der Waals surface area (Å²) in [6, 6.07) is -1.12. The van der Waals surface area contributed by atoms with Crippen molar-refractivity contribution in [3.8, 4) is 0 Å². The first kappa shape index (κ1) is 11.8. The van der Waals surface area contributed by atoms with Gasteiger partial charge in [0.05, 0.1) is 6.10 Å². The summed E-state index contributed by atoms with van der Waals surface area (Å²) in [6.45, 7) is 2.61. The molecular formula is C9H16N2O4. The number of amides is 2. The largest absolute Gasteiger partial charge is 0.480 e. The van der Waals surface area contributed by atoms with Crippen LogP contribution in [-0.2, 0) is 9.53 Å². The van der Waals surface area contributed by atoms with Gasteiger partial charge in [-0.1, -0.05) is 0 Å². The van der Waals surface area contributed by atoms with Gasteiger partial charge in [-0.2, -0.15) is 0 Å². The molecule has 0 saturated carbocycles. The van der Waals surface area contributed by atoms with Gasteiger partial charge in [0.25, 0.3) is 0 Å². The number of carbonyl (C=O) groups excluding carboxylic acids is 1. The molecule has 86 valence electrons. The third-order valence-electron chi connectivity index (χ3n) is 2.47. The summed E-state index contributed by atoms with van der Waals surface area (Å²) in [5, 5.41) is 11.5. The number of urea groups is 1. The normalized spacial score (nSPS) is 25.3. The highest BCUT2D eigenvalue weighted by atomic mass is 16.5. The Labute approximate surface area is 88.2 Å². The van der Waals surface area contributed by atoms with Gasteiger partial charge in [-0.15, -0.1) is 0 Å². The maximum atomic E-state index is 11.5. The summed E-state index contributed by atoms with van der Waals surface area (Å²) in [4.78, 5) is 23.7. The lowest BCUT2D eigenvalue weighted by Gasteiger charge is -2.21. The number of hydrogen-bond donors (Lipinski definition) is 2. The van der Waals surface area contributed by atoms with Crippen LogP contribution in [-0.4, -0.2) is 54.4 Å². The van der Waals surface area contributed by atoms with E-state index in [4.69, 9.17) is 9.84 Å². The number of likely N-dealkylation sites (tertiary alicyclic amines) is 1. The lowest BCUT2D eigenvalue weighted by molar-refractivity contribution is -0.141. The fourth-order valence-electron chi connectivity index (χ4n) is 1.68. The zero-order valence-corrected chi connectivity index (χ0v) is 8.90. The average Bonchev–Trinajstić information content (AvgIpc) is 2.61. The van der Waals surface area contributed by atoms with Gasteiger partial charge in [0.15, 0.2) is 0 Å². The van der Waals surface area contributed by atoms with E-state index in [1.54, 1.807) is 6.92 Å². The molecule has 0 aliphatic carbocycles. The Morgan fingerprint density at radius 2 is 2.27 bits per heavy atom. The third-order valence-corrected chi connectivity index (χ3v) is 2.47. The summed E-state index contributed by atoms with van der Waals surface area (Å²) >= 11 is 0. The quantitative estimate of drug-likeness (QED) is 0.690. The van der Waals surface area contributed by atoms with E-state index < -0.39 is 12.0 Å². The van der Waals surface area contributed by atoms with Crippen LogP contribution in [0.4, 0.5) is 4.79 Å². The van der Waals surface area contributed by atoms with Crippen molar-refractivity contribution in [2.75, 3.05) is 20.2 Å². The first-order valence-corrected chi connectivity index (χ1v) is 4.90. The lowest BCUT2D eigenvalue weighted by Crippen LogP contribution is -2.46. The SMILES string of the molecule is CCNC(=O)N1CC(OC)CC1C(=O)O. The average molecular weight is 216 g/mol. The van der Waals surface area contributed by atoms with E-state index in [0.29, 0.717) is 19.5 Å². The molecule has 0 spiro atoms. The summed E-state index contributed by atoms with van der Waals surface area (Å²) in [6.07, 6.45) is 0.164. The van der Waals surface area contributed by atoms with E-state index in [0.717, 1.165) is 0 Å². The monoisotopic (exact) mass is 216 g/mol. The Morgan fingerprint density at radius 1 is 1.60 bits per heavy atom. The fourth-order valence-corrected chi connectivity index (χ4v) is 1.68. The molecule has 2 atom stereocenters. The Kier molecular flexibility index (Phi) is 3.90. The Morgan fingerprint density at radius 3 is 2.73 bits per heavy atom. The molecular weight excluding hydrogens is 200 g/mol. The van der Waals surface area contributed by atoms with Gasteiger partial charge in [0, 0.05) is 26.6 Å². The number of rotatable bonds is 3. The van der Waals surface area contributed by atoms with Gasteiger partial charge in [-0.25, -0.2) is 9.59 Å². The van der Waals surface area contributed by atoms with E-state index in [1.165, 1.54) is 12.0 Å². The highest BCUT2D eigenvalue weighted by Gasteiger charge is 2.39. The highest BCUT2D eigenvalue weighted by molar-refractivity contribution is 5.83. The van der Waals surface area contributed by atoms with E-state index in [-0.39, 0.29) is 12.1 Å². The van der Waals surface area contributed by atoms with E-state index in [1.807, 2.05) is 0 Å². The Bertz CT molecular complexity index is 256. The topological polar surface area (TPSA) is 78.9 Å². The number of carboxylic acid groups (broad SMARTS) is 1. The van der Waals surface area contributed by atoms with E-state index in [9.17, 15) is 9.59 Å². The maximum Gasteiger partial charge on any atom is 0.326 e. The number of ether oxygens (including phenoxy) is 1. The predicted molar refractivity (Wildman–Crippen MR) is 52.6 cm³/mol. The van der Waals surface area contributed by atoms with Gasteiger partial charge in [0.2, 0.25) is 0 Å². The summed E-state index contributed by atoms with van der Waals surface area (Å²) in [7, 11) is 1.52. The van der Waals surface area contributed by atoms with E-state index >= 15 is 0 Å². The number of carbonyl (C=O) groups is 2. The molecule has 1 aliphatic rings. The zero-order valence-electron chi connectivity index (χ0n) is 8.90. The molecule has 1 rings (SSSR count). The number of aliphatic carboxylic acids is 1. The van der Waals surface area contributed by atoms with Crippen molar-refractivity contribution in [1.29, 1.82) is 0 Å². The molecule has 1 aliphatic heterocycles. The second-order valence-electron chi connectivity index (χ2n) is 3.44. The van der Waals surface area contributed by atoms with E-state index in [2.05, 4.69) is 5.32 Å². The van der Waals surface area contributed by atoms with Crippen molar-refractivity contribution in [1.82, 2.24) is 10.2 Å². The molecule has 0 aromatic carbocycles. The molecule has 15 heavy (non-hydrogen) atoms. The fraction of sp³-hybridized carbons (Fsp3) is 0.778. The molecule has 2 N–H and O–H groups in total. The minimum Gasteiger partial charge on any atom is -0.480 e. The van der Waals surface area contributed by atoms with Crippen molar-refractivity contribution in [3.05, 3.63) is 0 Å². The molecule has 6 nitrogen and oxygen atoms in total. The van der Waals surface area contributed by atoms with Crippen molar-refractivity contribution in [3.63, 3.8) is 0 Å². The van der Waals surface area contributed by atoms with Crippen LogP contribution < -0.4 is 5.32 Å². The van der Waals surface area contributed by atoms with Gasteiger partial charge >= 0.3 is 12.0 Å². The number of carboxylic acids is 1. The standard InChI is InChI=1S/C9H16N2O4/c1-3-10-9(14)11-5-6(15-2)4-7(11)8(12)13/h6-7H,3-5H2,1-2H3,(H,10,14)(H,12,13). The van der Waals surface area contributed by atoms with Gasteiger partial charge in [-0.05, 0) is 6.92 Å². The second kappa shape index (κ2) is 4.97. The molecule has 1 saturated heterocycles. The van der Waals surface area contributed by atoms with Crippen LogP contribution >= 0.6 is 0 Å². The molecule has 0 aromatic heterocycles. The van der Waals surface area contributed by atoms with Crippen LogP contribution in [0.5, 0.6) is 0 Å². The summed E-state index contributed by atoms with van der Waals surface area (Å²) in [5.41, 5.74) is 0. The molecule has 2 amide bonds. The number of nitrogens with one attached hydrogen (secondary N) is 1. The van der Waals surface area contributed by atoms with Crippen molar-refractivity contribution in [2.24, 2.45) is 0 Å². The van der Waals surface area contributed by atoms with Gasteiger partial charge in [-0.3, -0.25) is 0 Å². The first-order valence-electron chi connectivity index (χ1n) is 4.90. The molecule has 6 heteroatoms. The smallest absolute Gasteiger partial charge is 0.326 e. The second-order valence-corrected chi connectivity index (χ2v) is 3.44. The minimum atomic E-state index is -0.985. The Hall–Kier alpha value is -1.30. The van der Waals surface area contributed by atoms with Crippen molar-refractivity contribution < 1.29 is 19.4 Å². The number of hydrogen-bond acceptors (Lipinski definition) is 3.